The van der Waals surface area contributed by atoms with Crippen molar-refractivity contribution >= 4 is 17.1 Å². The molecule has 0 heterocycles. The highest BCUT2D eigenvalue weighted by molar-refractivity contribution is 7.75. The third-order valence-corrected chi connectivity index (χ3v) is 4.10. The average molecular weight is 332 g/mol. The SMILES string of the molecule is CCC(OS(=O)Oc1ccc(C)cc1)C(=O)c1ccc(C)cc1. The van der Waals surface area contributed by atoms with Gasteiger partial charge in [-0.3, -0.25) is 4.79 Å². The van der Waals surface area contributed by atoms with Crippen molar-refractivity contribution in [3.05, 3.63) is 65.2 Å². The summed E-state index contributed by atoms with van der Waals surface area (Å²) in [4.78, 5) is 12.4. The molecule has 0 radical (unpaired) electrons. The molecule has 2 unspecified atom stereocenters. The van der Waals surface area contributed by atoms with E-state index in [1.807, 2.05) is 38.1 Å². The molecule has 2 aromatic carbocycles. The Labute approximate surface area is 139 Å². The quantitative estimate of drug-likeness (QED) is 0.721. The van der Waals surface area contributed by atoms with E-state index in [0.717, 1.165) is 11.1 Å². The summed E-state index contributed by atoms with van der Waals surface area (Å²) >= 11 is -2.03. The van der Waals surface area contributed by atoms with Crippen LogP contribution < -0.4 is 4.18 Å². The molecule has 0 saturated carbocycles. The minimum Gasteiger partial charge on any atom is -0.380 e. The molecule has 2 atom stereocenters. The summed E-state index contributed by atoms with van der Waals surface area (Å²) in [5.74, 6) is 0.236. The van der Waals surface area contributed by atoms with Crippen LogP contribution in [0.15, 0.2) is 48.5 Å². The van der Waals surface area contributed by atoms with Crippen LogP contribution in [0.3, 0.4) is 0 Å². The van der Waals surface area contributed by atoms with Crippen molar-refractivity contribution in [3.8, 4) is 5.75 Å². The highest BCUT2D eigenvalue weighted by Crippen LogP contribution is 2.16. The molecule has 0 aliphatic heterocycles. The van der Waals surface area contributed by atoms with E-state index in [0.29, 0.717) is 17.7 Å². The molecule has 2 aromatic rings. The molecule has 5 heteroatoms. The molecule has 0 bridgehead atoms. The van der Waals surface area contributed by atoms with Crippen molar-refractivity contribution < 1.29 is 17.4 Å². The van der Waals surface area contributed by atoms with Crippen LogP contribution in [0, 0.1) is 13.8 Å². The number of rotatable bonds is 7. The summed E-state index contributed by atoms with van der Waals surface area (Å²) < 4.78 is 22.5. The van der Waals surface area contributed by atoms with Gasteiger partial charge < -0.3 is 4.18 Å². The zero-order valence-electron chi connectivity index (χ0n) is 13.4. The molecule has 0 fully saturated rings. The standard InChI is InChI=1S/C18H20O4S/c1-4-17(18(19)15-9-5-13(2)6-10-15)22-23(20)21-16-11-7-14(3)8-12-16/h5-12,17H,4H2,1-3H3. The van der Waals surface area contributed by atoms with E-state index < -0.39 is 17.5 Å². The average Bonchev–Trinajstić information content (AvgIpc) is 2.55. The van der Waals surface area contributed by atoms with Crippen LogP contribution >= 0.6 is 0 Å². The first kappa shape index (κ1) is 17.4. The minimum absolute atomic E-state index is 0.201. The van der Waals surface area contributed by atoms with Crippen LogP contribution in [-0.2, 0) is 15.5 Å². The molecule has 2 rings (SSSR count). The molecule has 0 aliphatic rings. The number of carbonyl (C=O) groups is 1. The lowest BCUT2D eigenvalue weighted by molar-refractivity contribution is 0.0794. The zero-order chi connectivity index (χ0) is 16.8. The van der Waals surface area contributed by atoms with Gasteiger partial charge in [0.15, 0.2) is 5.78 Å². The summed E-state index contributed by atoms with van der Waals surface area (Å²) in [6.45, 7) is 5.71. The normalized spacial score (nSPS) is 13.3. The molecule has 0 amide bonds. The van der Waals surface area contributed by atoms with E-state index in [4.69, 9.17) is 8.37 Å². The van der Waals surface area contributed by atoms with E-state index >= 15 is 0 Å². The topological polar surface area (TPSA) is 52.6 Å². The van der Waals surface area contributed by atoms with E-state index in [-0.39, 0.29) is 5.78 Å². The number of carbonyl (C=O) groups excluding carboxylic acids is 1. The Balaban J connectivity index is 2.00. The van der Waals surface area contributed by atoms with E-state index in [1.165, 1.54) is 0 Å². The highest BCUT2D eigenvalue weighted by Gasteiger charge is 2.22. The minimum atomic E-state index is -2.03. The van der Waals surface area contributed by atoms with E-state index in [2.05, 4.69) is 0 Å². The number of hydrogen-bond donors (Lipinski definition) is 0. The number of ketones is 1. The van der Waals surface area contributed by atoms with Gasteiger partial charge in [0.2, 0.25) is 0 Å². The molecular formula is C18H20O4S. The Morgan fingerprint density at radius 2 is 1.52 bits per heavy atom. The maximum Gasteiger partial charge on any atom is 0.360 e. The lowest BCUT2D eigenvalue weighted by Crippen LogP contribution is -2.26. The second-order valence-corrected chi connectivity index (χ2v) is 6.09. The Bertz CT molecular complexity index is 677. The van der Waals surface area contributed by atoms with Gasteiger partial charge in [0, 0.05) is 5.56 Å². The van der Waals surface area contributed by atoms with Crippen molar-refractivity contribution in [2.45, 2.75) is 33.3 Å². The van der Waals surface area contributed by atoms with Gasteiger partial charge in [-0.05, 0) is 32.4 Å². The fourth-order valence-corrected chi connectivity index (χ4v) is 2.71. The smallest absolute Gasteiger partial charge is 0.360 e. The maximum atomic E-state index is 12.4. The van der Waals surface area contributed by atoms with Crippen LogP contribution in [0.25, 0.3) is 0 Å². The Morgan fingerprint density at radius 3 is 2.04 bits per heavy atom. The van der Waals surface area contributed by atoms with Gasteiger partial charge in [-0.2, -0.15) is 4.21 Å². The van der Waals surface area contributed by atoms with Crippen LogP contribution in [0.2, 0.25) is 0 Å². The molecular weight excluding hydrogens is 312 g/mol. The van der Waals surface area contributed by atoms with Gasteiger partial charge in [-0.25, -0.2) is 4.18 Å². The number of Topliss-reactive ketones (excluding diaryl/α,β-unsaturated/α-hetero) is 1. The number of benzene rings is 2. The summed E-state index contributed by atoms with van der Waals surface area (Å²) in [6, 6.07) is 14.3. The van der Waals surface area contributed by atoms with Crippen LogP contribution in [0.1, 0.15) is 34.8 Å². The summed E-state index contributed by atoms with van der Waals surface area (Å²) in [5, 5.41) is 0. The van der Waals surface area contributed by atoms with Crippen molar-refractivity contribution in [2.75, 3.05) is 0 Å². The Morgan fingerprint density at radius 1 is 1.00 bits per heavy atom. The largest absolute Gasteiger partial charge is 0.380 e. The number of aryl methyl sites for hydroxylation is 2. The Hall–Kier alpha value is -1.98. The maximum absolute atomic E-state index is 12.4. The van der Waals surface area contributed by atoms with Crippen LogP contribution in [0.4, 0.5) is 0 Å². The van der Waals surface area contributed by atoms with Crippen molar-refractivity contribution in [1.29, 1.82) is 0 Å². The van der Waals surface area contributed by atoms with Gasteiger partial charge in [0.05, 0.1) is 0 Å². The number of hydrogen-bond acceptors (Lipinski definition) is 4. The van der Waals surface area contributed by atoms with Crippen molar-refractivity contribution in [3.63, 3.8) is 0 Å². The van der Waals surface area contributed by atoms with Crippen molar-refractivity contribution in [1.82, 2.24) is 0 Å². The van der Waals surface area contributed by atoms with Crippen LogP contribution in [-0.4, -0.2) is 16.1 Å². The second-order valence-electron chi connectivity index (χ2n) is 5.32. The molecule has 0 saturated heterocycles. The first-order valence-corrected chi connectivity index (χ1v) is 8.44. The van der Waals surface area contributed by atoms with E-state index in [9.17, 15) is 9.00 Å². The van der Waals surface area contributed by atoms with Gasteiger partial charge in [-0.1, -0.05) is 54.4 Å². The van der Waals surface area contributed by atoms with Gasteiger partial charge in [0.1, 0.15) is 11.9 Å². The predicted molar refractivity (Wildman–Crippen MR) is 90.6 cm³/mol. The molecule has 4 nitrogen and oxygen atoms in total. The molecule has 0 spiro atoms. The van der Waals surface area contributed by atoms with Gasteiger partial charge in [0.25, 0.3) is 0 Å². The van der Waals surface area contributed by atoms with Gasteiger partial charge in [-0.15, -0.1) is 0 Å². The predicted octanol–water partition coefficient (Wildman–Crippen LogP) is 3.94. The lowest BCUT2D eigenvalue weighted by atomic mass is 10.0. The second kappa shape index (κ2) is 8.04. The van der Waals surface area contributed by atoms with Gasteiger partial charge >= 0.3 is 11.4 Å². The summed E-state index contributed by atoms with van der Waals surface area (Å²) in [5.41, 5.74) is 2.68. The fraction of sp³-hybridized carbons (Fsp3) is 0.278. The molecule has 122 valence electrons. The third kappa shape index (κ3) is 5.01. The Kier molecular flexibility index (Phi) is 6.07. The highest BCUT2D eigenvalue weighted by atomic mass is 32.2. The lowest BCUT2D eigenvalue weighted by Gasteiger charge is -2.14. The molecule has 0 N–H and O–H groups in total. The summed E-state index contributed by atoms with van der Waals surface area (Å²) in [6.07, 6.45) is -0.389. The third-order valence-electron chi connectivity index (χ3n) is 3.38. The molecule has 0 aromatic heterocycles. The van der Waals surface area contributed by atoms with E-state index in [1.54, 1.807) is 31.2 Å². The fourth-order valence-electron chi connectivity index (χ4n) is 1.99. The zero-order valence-corrected chi connectivity index (χ0v) is 14.3. The molecule has 0 aliphatic carbocycles. The van der Waals surface area contributed by atoms with Crippen LogP contribution in [0.5, 0.6) is 5.75 Å². The first-order chi connectivity index (χ1) is 11.0. The summed E-state index contributed by atoms with van der Waals surface area (Å²) in [7, 11) is 0. The van der Waals surface area contributed by atoms with Crippen molar-refractivity contribution in [2.24, 2.45) is 0 Å². The monoisotopic (exact) mass is 332 g/mol. The molecule has 23 heavy (non-hydrogen) atoms. The first-order valence-electron chi connectivity index (χ1n) is 7.44.